The van der Waals surface area contributed by atoms with Crippen molar-refractivity contribution < 1.29 is 4.79 Å². The van der Waals surface area contributed by atoms with E-state index in [0.717, 1.165) is 63.5 Å². The van der Waals surface area contributed by atoms with Crippen molar-refractivity contribution in [3.05, 3.63) is 101 Å². The molecule has 5 nitrogen and oxygen atoms in total. The summed E-state index contributed by atoms with van der Waals surface area (Å²) in [6.45, 7) is 10.4. The highest BCUT2D eigenvalue weighted by molar-refractivity contribution is 5.94. The van der Waals surface area contributed by atoms with Crippen molar-refractivity contribution in [1.29, 1.82) is 0 Å². The molecule has 3 aromatic rings. The fourth-order valence-electron chi connectivity index (χ4n) is 4.87. The molecule has 0 aliphatic carbocycles. The van der Waals surface area contributed by atoms with Crippen molar-refractivity contribution in [3.63, 3.8) is 0 Å². The van der Waals surface area contributed by atoms with Gasteiger partial charge in [-0.3, -0.25) is 9.69 Å². The van der Waals surface area contributed by atoms with Crippen LogP contribution in [0, 0.1) is 0 Å². The molecule has 1 saturated heterocycles. The van der Waals surface area contributed by atoms with Crippen molar-refractivity contribution in [2.45, 2.75) is 26.3 Å². The summed E-state index contributed by atoms with van der Waals surface area (Å²) in [5.74, 6) is 0.102. The molecule has 1 amide bonds. The Hall–Kier alpha value is -3.15. The molecule has 1 aliphatic rings. The molecule has 0 bridgehead atoms. The molecule has 3 aromatic carbocycles. The van der Waals surface area contributed by atoms with Crippen LogP contribution in [0.2, 0.25) is 0 Å². The van der Waals surface area contributed by atoms with Crippen LogP contribution < -0.4 is 10.6 Å². The van der Waals surface area contributed by atoms with Crippen LogP contribution in [-0.2, 0) is 6.42 Å². The fourth-order valence-corrected chi connectivity index (χ4v) is 4.87. The van der Waals surface area contributed by atoms with Gasteiger partial charge in [0.15, 0.2) is 0 Å². The van der Waals surface area contributed by atoms with Gasteiger partial charge in [0.2, 0.25) is 0 Å². The monoisotopic (exact) mass is 470 g/mol. The zero-order chi connectivity index (χ0) is 24.5. The fraction of sp³-hybridized carbons (Fsp3) is 0.367. The van der Waals surface area contributed by atoms with E-state index in [0.29, 0.717) is 0 Å². The molecule has 2 N–H and O–H groups in total. The molecule has 5 heteroatoms. The number of carbonyl (C=O) groups is 1. The molecular weight excluding hydrogens is 432 g/mol. The lowest BCUT2D eigenvalue weighted by Crippen LogP contribution is -2.45. The number of anilines is 1. The van der Waals surface area contributed by atoms with Gasteiger partial charge in [-0.25, -0.2) is 0 Å². The average molecular weight is 471 g/mol. The highest BCUT2D eigenvalue weighted by Crippen LogP contribution is 2.31. The van der Waals surface area contributed by atoms with Gasteiger partial charge in [-0.2, -0.15) is 0 Å². The third-order valence-corrected chi connectivity index (χ3v) is 6.83. The predicted octanol–water partition coefficient (Wildman–Crippen LogP) is 4.82. The van der Waals surface area contributed by atoms with E-state index in [1.165, 1.54) is 16.7 Å². The van der Waals surface area contributed by atoms with Crippen LogP contribution in [0.4, 0.5) is 5.69 Å². The molecule has 184 valence electrons. The predicted molar refractivity (Wildman–Crippen MR) is 145 cm³/mol. The number of nitrogens with zero attached hydrogens (tertiary/aromatic N) is 2. The highest BCUT2D eigenvalue weighted by atomic mass is 16.2. The van der Waals surface area contributed by atoms with Gasteiger partial charge < -0.3 is 15.5 Å². The van der Waals surface area contributed by atoms with Crippen molar-refractivity contribution in [2.24, 2.45) is 0 Å². The Labute approximate surface area is 210 Å². The van der Waals surface area contributed by atoms with Crippen molar-refractivity contribution in [2.75, 3.05) is 51.1 Å². The molecule has 0 aromatic heterocycles. The number of benzene rings is 3. The molecular formula is C30H38N4O. The second kappa shape index (κ2) is 12.5. The minimum atomic E-state index is 0.102. The van der Waals surface area contributed by atoms with E-state index >= 15 is 0 Å². The second-order valence-corrected chi connectivity index (χ2v) is 9.08. The standard InChI is InChI=1S/C30H38N4O/c1-3-33(4-2)30(35)26-15-13-25(14-16-26)29(34-21-19-31-20-22-34)27-11-8-12-28(23-27)32-18-17-24-9-6-5-7-10-24/h5-16,23,29,31-32H,3-4,17-22H2,1-2H3. The Bertz CT molecular complexity index is 1060. The third kappa shape index (κ3) is 6.50. The summed E-state index contributed by atoms with van der Waals surface area (Å²) in [6.07, 6.45) is 0.994. The molecule has 1 heterocycles. The van der Waals surface area contributed by atoms with Crippen LogP contribution in [0.25, 0.3) is 0 Å². The van der Waals surface area contributed by atoms with Gasteiger partial charge in [-0.1, -0.05) is 54.6 Å². The topological polar surface area (TPSA) is 47.6 Å². The maximum Gasteiger partial charge on any atom is 0.253 e. The number of amides is 1. The van der Waals surface area contributed by atoms with Crippen LogP contribution >= 0.6 is 0 Å². The lowest BCUT2D eigenvalue weighted by atomic mass is 9.95. The molecule has 0 radical (unpaired) electrons. The van der Waals surface area contributed by atoms with Crippen molar-refractivity contribution >= 4 is 11.6 Å². The maximum atomic E-state index is 12.8. The van der Waals surface area contributed by atoms with Gasteiger partial charge in [0.1, 0.15) is 0 Å². The molecule has 1 unspecified atom stereocenters. The molecule has 0 saturated carbocycles. The van der Waals surface area contributed by atoms with Crippen LogP contribution in [0.5, 0.6) is 0 Å². The molecule has 1 aliphatic heterocycles. The van der Waals surface area contributed by atoms with Gasteiger partial charge in [0.05, 0.1) is 6.04 Å². The van der Waals surface area contributed by atoms with Crippen LogP contribution in [-0.4, -0.2) is 61.5 Å². The van der Waals surface area contributed by atoms with Gasteiger partial charge in [0, 0.05) is 57.1 Å². The van der Waals surface area contributed by atoms with Crippen molar-refractivity contribution in [1.82, 2.24) is 15.1 Å². The Morgan fingerprint density at radius 1 is 0.914 bits per heavy atom. The Morgan fingerprint density at radius 3 is 2.31 bits per heavy atom. The van der Waals surface area contributed by atoms with E-state index in [2.05, 4.69) is 82.3 Å². The SMILES string of the molecule is CCN(CC)C(=O)c1ccc(C(c2cccc(NCCc3ccccc3)c2)N2CCNCC2)cc1. The minimum absolute atomic E-state index is 0.102. The lowest BCUT2D eigenvalue weighted by molar-refractivity contribution is 0.0773. The Morgan fingerprint density at radius 2 is 1.63 bits per heavy atom. The van der Waals surface area contributed by atoms with Gasteiger partial charge in [-0.15, -0.1) is 0 Å². The summed E-state index contributed by atoms with van der Waals surface area (Å²) < 4.78 is 0. The quantitative estimate of drug-likeness (QED) is 0.446. The Balaban J connectivity index is 1.54. The van der Waals surface area contributed by atoms with Crippen LogP contribution in [0.3, 0.4) is 0 Å². The Kier molecular flexibility index (Phi) is 8.93. The van der Waals surface area contributed by atoms with Gasteiger partial charge >= 0.3 is 0 Å². The zero-order valence-corrected chi connectivity index (χ0v) is 21.0. The first-order valence-electron chi connectivity index (χ1n) is 12.9. The number of piperazine rings is 1. The van der Waals surface area contributed by atoms with E-state index in [-0.39, 0.29) is 11.9 Å². The normalized spacial score (nSPS) is 14.9. The smallest absolute Gasteiger partial charge is 0.253 e. The summed E-state index contributed by atoms with van der Waals surface area (Å²) in [7, 11) is 0. The summed E-state index contributed by atoms with van der Waals surface area (Å²) in [6, 6.07) is 27.8. The van der Waals surface area contributed by atoms with Crippen molar-refractivity contribution in [3.8, 4) is 0 Å². The summed E-state index contributed by atoms with van der Waals surface area (Å²) in [5, 5.41) is 7.08. The average Bonchev–Trinajstić information content (AvgIpc) is 2.91. The van der Waals surface area contributed by atoms with E-state index in [1.54, 1.807) is 0 Å². The number of nitrogens with one attached hydrogen (secondary N) is 2. The molecule has 0 spiro atoms. The number of hydrogen-bond acceptors (Lipinski definition) is 4. The van der Waals surface area contributed by atoms with E-state index < -0.39 is 0 Å². The maximum absolute atomic E-state index is 12.8. The lowest BCUT2D eigenvalue weighted by Gasteiger charge is -2.36. The number of rotatable bonds is 10. The third-order valence-electron chi connectivity index (χ3n) is 6.83. The first-order chi connectivity index (χ1) is 17.2. The number of carbonyl (C=O) groups excluding carboxylic acids is 1. The van der Waals surface area contributed by atoms with E-state index in [4.69, 9.17) is 0 Å². The molecule has 1 atom stereocenters. The molecule has 4 rings (SSSR count). The van der Waals surface area contributed by atoms with Gasteiger partial charge in [0.25, 0.3) is 5.91 Å². The summed E-state index contributed by atoms with van der Waals surface area (Å²) in [5.41, 5.74) is 5.75. The number of hydrogen-bond donors (Lipinski definition) is 2. The van der Waals surface area contributed by atoms with Gasteiger partial charge in [-0.05, 0) is 61.2 Å². The largest absolute Gasteiger partial charge is 0.385 e. The molecule has 1 fully saturated rings. The van der Waals surface area contributed by atoms with E-state index in [9.17, 15) is 4.79 Å². The zero-order valence-electron chi connectivity index (χ0n) is 21.0. The first-order valence-corrected chi connectivity index (χ1v) is 12.9. The minimum Gasteiger partial charge on any atom is -0.385 e. The van der Waals surface area contributed by atoms with Crippen LogP contribution in [0.15, 0.2) is 78.9 Å². The second-order valence-electron chi connectivity index (χ2n) is 9.08. The van der Waals surface area contributed by atoms with Crippen LogP contribution in [0.1, 0.15) is 46.9 Å². The highest BCUT2D eigenvalue weighted by Gasteiger charge is 2.24. The summed E-state index contributed by atoms with van der Waals surface area (Å²) in [4.78, 5) is 17.2. The summed E-state index contributed by atoms with van der Waals surface area (Å²) >= 11 is 0. The van der Waals surface area contributed by atoms with E-state index in [1.807, 2.05) is 30.9 Å². The first kappa shape index (κ1) is 25.0. The molecule has 35 heavy (non-hydrogen) atoms.